The highest BCUT2D eigenvalue weighted by Gasteiger charge is 2.26. The first-order valence-electron chi connectivity index (χ1n) is 11.5. The van der Waals surface area contributed by atoms with Crippen molar-refractivity contribution < 1.29 is 33.3 Å². The lowest BCUT2D eigenvalue weighted by molar-refractivity contribution is -0.151. The Hall–Kier alpha value is -3.75. The molecule has 0 fully saturated rings. The van der Waals surface area contributed by atoms with Gasteiger partial charge in [0.2, 0.25) is 0 Å². The Kier molecular flexibility index (Phi) is 10.9. The molecule has 0 radical (unpaired) electrons. The van der Waals surface area contributed by atoms with Gasteiger partial charge in [-0.2, -0.15) is 0 Å². The average Bonchev–Trinajstić information content (AvgIpc) is 2.86. The van der Waals surface area contributed by atoms with Gasteiger partial charge in [0.05, 0.1) is 20.8 Å². The Morgan fingerprint density at radius 3 is 2.23 bits per heavy atom. The minimum atomic E-state index is -0.895. The fourth-order valence-electron chi connectivity index (χ4n) is 3.25. The lowest BCUT2D eigenvalue weighted by atomic mass is 10.0. The van der Waals surface area contributed by atoms with E-state index < -0.39 is 30.4 Å². The van der Waals surface area contributed by atoms with Gasteiger partial charge >= 0.3 is 5.97 Å². The number of esters is 1. The molecule has 0 bridgehead atoms. The van der Waals surface area contributed by atoms with E-state index in [1.807, 2.05) is 19.1 Å². The van der Waals surface area contributed by atoms with E-state index in [2.05, 4.69) is 10.6 Å². The van der Waals surface area contributed by atoms with Gasteiger partial charge in [0.15, 0.2) is 18.1 Å². The summed E-state index contributed by atoms with van der Waals surface area (Å²) in [4.78, 5) is 37.3. The number of carbonyl (C=O) groups is 3. The van der Waals surface area contributed by atoms with Gasteiger partial charge < -0.3 is 29.6 Å². The minimum Gasteiger partial charge on any atom is -0.494 e. The zero-order valence-corrected chi connectivity index (χ0v) is 20.9. The summed E-state index contributed by atoms with van der Waals surface area (Å²) in [6, 6.07) is 11.2. The quantitative estimate of drug-likeness (QED) is 0.419. The van der Waals surface area contributed by atoms with Gasteiger partial charge in [0.25, 0.3) is 11.8 Å². The summed E-state index contributed by atoms with van der Waals surface area (Å²) in [5, 5.41) is 5.40. The van der Waals surface area contributed by atoms with E-state index in [0.717, 1.165) is 5.56 Å². The van der Waals surface area contributed by atoms with Gasteiger partial charge in [0, 0.05) is 12.1 Å². The summed E-state index contributed by atoms with van der Waals surface area (Å²) >= 11 is 0. The van der Waals surface area contributed by atoms with Crippen LogP contribution in [0.3, 0.4) is 0 Å². The molecule has 2 rings (SSSR count). The number of ether oxygens (including phenoxy) is 4. The van der Waals surface area contributed by atoms with Crippen molar-refractivity contribution in [2.24, 2.45) is 5.92 Å². The monoisotopic (exact) mass is 486 g/mol. The van der Waals surface area contributed by atoms with Gasteiger partial charge in [-0.25, -0.2) is 4.79 Å². The third kappa shape index (κ3) is 8.51. The highest BCUT2D eigenvalue weighted by molar-refractivity contribution is 5.97. The lowest BCUT2D eigenvalue weighted by Crippen LogP contribution is -2.46. The predicted octanol–water partition coefficient (Wildman–Crippen LogP) is 2.76. The predicted molar refractivity (Wildman–Crippen MR) is 131 cm³/mol. The van der Waals surface area contributed by atoms with E-state index in [1.165, 1.54) is 0 Å². The molecule has 190 valence electrons. The normalized spacial score (nSPS) is 11.4. The van der Waals surface area contributed by atoms with Crippen LogP contribution in [-0.4, -0.2) is 57.8 Å². The van der Waals surface area contributed by atoms with Gasteiger partial charge in [-0.05, 0) is 61.2 Å². The maximum Gasteiger partial charge on any atom is 0.329 e. The van der Waals surface area contributed by atoms with Gasteiger partial charge in [-0.15, -0.1) is 0 Å². The molecule has 1 atom stereocenters. The number of amides is 2. The van der Waals surface area contributed by atoms with Crippen LogP contribution in [0.15, 0.2) is 42.5 Å². The Labute approximate surface area is 206 Å². The number of methoxy groups -OCH3 is 2. The highest BCUT2D eigenvalue weighted by Crippen LogP contribution is 2.27. The van der Waals surface area contributed by atoms with Crippen LogP contribution in [0.4, 0.5) is 0 Å². The van der Waals surface area contributed by atoms with Crippen molar-refractivity contribution in [2.75, 3.05) is 34.0 Å². The molecule has 0 aliphatic carbocycles. The smallest absolute Gasteiger partial charge is 0.329 e. The van der Waals surface area contributed by atoms with E-state index in [0.29, 0.717) is 42.4 Å². The van der Waals surface area contributed by atoms with Crippen molar-refractivity contribution in [3.8, 4) is 17.2 Å². The van der Waals surface area contributed by atoms with Crippen molar-refractivity contribution in [3.05, 3.63) is 53.6 Å². The number of hydrogen-bond acceptors (Lipinski definition) is 7. The molecule has 0 aromatic heterocycles. The van der Waals surface area contributed by atoms with Crippen molar-refractivity contribution in [3.63, 3.8) is 0 Å². The molecule has 1 unspecified atom stereocenters. The molecule has 35 heavy (non-hydrogen) atoms. The van der Waals surface area contributed by atoms with E-state index in [-0.39, 0.29) is 5.92 Å². The number of benzene rings is 2. The molecule has 2 aromatic carbocycles. The van der Waals surface area contributed by atoms with Crippen LogP contribution in [0.25, 0.3) is 0 Å². The Morgan fingerprint density at radius 1 is 0.943 bits per heavy atom. The van der Waals surface area contributed by atoms with Gasteiger partial charge in [-0.1, -0.05) is 19.9 Å². The highest BCUT2D eigenvalue weighted by atomic mass is 16.5. The molecule has 0 spiro atoms. The molecule has 0 aliphatic rings. The zero-order valence-electron chi connectivity index (χ0n) is 20.9. The Balaban J connectivity index is 1.82. The molecule has 9 heteroatoms. The van der Waals surface area contributed by atoms with Crippen molar-refractivity contribution in [2.45, 2.75) is 33.2 Å². The molecule has 0 aliphatic heterocycles. The first-order chi connectivity index (χ1) is 16.8. The largest absolute Gasteiger partial charge is 0.494 e. The fraction of sp³-hybridized carbons (Fsp3) is 0.423. The zero-order chi connectivity index (χ0) is 25.8. The fourth-order valence-corrected chi connectivity index (χ4v) is 3.25. The minimum absolute atomic E-state index is 0.234. The summed E-state index contributed by atoms with van der Waals surface area (Å²) < 4.78 is 21.0. The van der Waals surface area contributed by atoms with E-state index in [1.54, 1.807) is 58.4 Å². The van der Waals surface area contributed by atoms with Crippen LogP contribution in [0.1, 0.15) is 36.7 Å². The number of hydrogen-bond donors (Lipinski definition) is 2. The summed E-state index contributed by atoms with van der Waals surface area (Å²) in [5.74, 6) is 0.138. The van der Waals surface area contributed by atoms with Crippen molar-refractivity contribution in [1.29, 1.82) is 0 Å². The van der Waals surface area contributed by atoms with Crippen LogP contribution in [-0.2, 0) is 20.7 Å². The van der Waals surface area contributed by atoms with Crippen molar-refractivity contribution in [1.82, 2.24) is 10.6 Å². The topological polar surface area (TPSA) is 112 Å². The second kappa shape index (κ2) is 13.8. The SMILES string of the molecule is CCOc1ccc(C(=O)NC(C(=O)OCC(=O)NCCc2ccc(OC)c(OC)c2)C(C)C)cc1. The first-order valence-corrected chi connectivity index (χ1v) is 11.5. The second-order valence-electron chi connectivity index (χ2n) is 8.05. The van der Waals surface area contributed by atoms with Crippen LogP contribution in [0.5, 0.6) is 17.2 Å². The molecule has 9 nitrogen and oxygen atoms in total. The first kappa shape index (κ1) is 27.5. The third-order valence-electron chi connectivity index (χ3n) is 5.16. The Morgan fingerprint density at radius 2 is 1.63 bits per heavy atom. The van der Waals surface area contributed by atoms with Gasteiger partial charge in [-0.3, -0.25) is 9.59 Å². The Bertz CT molecular complexity index is 990. The van der Waals surface area contributed by atoms with E-state index in [4.69, 9.17) is 18.9 Å². The molecule has 0 saturated carbocycles. The molecule has 2 aromatic rings. The van der Waals surface area contributed by atoms with Gasteiger partial charge in [0.1, 0.15) is 11.8 Å². The maximum atomic E-state index is 12.6. The van der Waals surface area contributed by atoms with Crippen LogP contribution in [0, 0.1) is 5.92 Å². The van der Waals surface area contributed by atoms with E-state index in [9.17, 15) is 14.4 Å². The lowest BCUT2D eigenvalue weighted by Gasteiger charge is -2.21. The van der Waals surface area contributed by atoms with E-state index >= 15 is 0 Å². The maximum absolute atomic E-state index is 12.6. The third-order valence-corrected chi connectivity index (χ3v) is 5.16. The molecular formula is C26H34N2O7. The summed E-state index contributed by atoms with van der Waals surface area (Å²) in [6.07, 6.45) is 0.562. The number of rotatable bonds is 13. The summed E-state index contributed by atoms with van der Waals surface area (Å²) in [5.41, 5.74) is 1.34. The number of nitrogens with one attached hydrogen (secondary N) is 2. The van der Waals surface area contributed by atoms with Crippen LogP contribution < -0.4 is 24.8 Å². The van der Waals surface area contributed by atoms with Crippen molar-refractivity contribution >= 4 is 17.8 Å². The second-order valence-corrected chi connectivity index (χ2v) is 8.05. The average molecular weight is 487 g/mol. The molecule has 2 N–H and O–H groups in total. The summed E-state index contributed by atoms with van der Waals surface area (Å²) in [7, 11) is 3.12. The van der Waals surface area contributed by atoms with Crippen LogP contribution >= 0.6 is 0 Å². The molecule has 2 amide bonds. The summed E-state index contributed by atoms with van der Waals surface area (Å²) in [6.45, 7) is 5.89. The molecule has 0 saturated heterocycles. The molecule has 0 heterocycles. The van der Waals surface area contributed by atoms with Crippen LogP contribution in [0.2, 0.25) is 0 Å². The number of carbonyl (C=O) groups excluding carboxylic acids is 3. The molecular weight excluding hydrogens is 452 g/mol. The standard InChI is InChI=1S/C26H34N2O7/c1-6-34-20-10-8-19(9-11-20)25(30)28-24(17(2)3)26(31)35-16-23(29)27-14-13-18-7-12-21(32-4)22(15-18)33-5/h7-12,15,17,24H,6,13-14,16H2,1-5H3,(H,27,29)(H,28,30).